The van der Waals surface area contributed by atoms with Crippen molar-refractivity contribution in [2.75, 3.05) is 7.11 Å². The lowest BCUT2D eigenvalue weighted by molar-refractivity contribution is 0.0651. The summed E-state index contributed by atoms with van der Waals surface area (Å²) in [7, 11) is 1.31. The Morgan fingerprint density at radius 1 is 1.20 bits per heavy atom. The third kappa shape index (κ3) is 2.19. The summed E-state index contributed by atoms with van der Waals surface area (Å²) in [5.74, 6) is -2.57. The molecule has 0 saturated carbocycles. The summed E-state index contributed by atoms with van der Waals surface area (Å²) in [6, 6.07) is 2.13. The second-order valence-electron chi connectivity index (χ2n) is 2.64. The van der Waals surface area contributed by atoms with Crippen LogP contribution >= 0.6 is 11.6 Å². The van der Waals surface area contributed by atoms with Gasteiger partial charge in [0, 0.05) is 0 Å². The lowest BCUT2D eigenvalue weighted by atomic mass is 10.1. The van der Waals surface area contributed by atoms with E-state index in [9.17, 15) is 9.59 Å². The lowest BCUT2D eigenvalue weighted by Crippen LogP contribution is -2.08. The van der Waals surface area contributed by atoms with Crippen LogP contribution in [-0.4, -0.2) is 29.3 Å². The van der Waals surface area contributed by atoms with Gasteiger partial charge in [-0.2, -0.15) is 0 Å². The Kier molecular flexibility index (Phi) is 3.16. The van der Waals surface area contributed by atoms with Gasteiger partial charge in [0.1, 0.15) is 5.75 Å². The first-order valence-corrected chi connectivity index (χ1v) is 4.19. The number of aromatic carboxylic acids is 2. The van der Waals surface area contributed by atoms with Crippen molar-refractivity contribution in [3.05, 3.63) is 28.3 Å². The van der Waals surface area contributed by atoms with Crippen LogP contribution in [0, 0.1) is 0 Å². The second kappa shape index (κ2) is 4.18. The fourth-order valence-corrected chi connectivity index (χ4v) is 1.30. The standard InChI is InChI=1S/C9H7ClO5/c1-15-7-3-5(9(13)14)4(8(11)12)2-6(7)10/h2-3H,1H3,(H,11,12)(H,13,14). The molecule has 5 nitrogen and oxygen atoms in total. The van der Waals surface area contributed by atoms with E-state index >= 15 is 0 Å². The van der Waals surface area contributed by atoms with Gasteiger partial charge in [-0.1, -0.05) is 11.6 Å². The Labute approximate surface area is 89.9 Å². The number of benzene rings is 1. The lowest BCUT2D eigenvalue weighted by Gasteiger charge is -2.06. The van der Waals surface area contributed by atoms with E-state index in [1.807, 2.05) is 0 Å². The Balaban J connectivity index is 3.45. The Morgan fingerprint density at radius 3 is 2.07 bits per heavy atom. The van der Waals surface area contributed by atoms with Crippen molar-refractivity contribution < 1.29 is 24.5 Å². The molecule has 1 rings (SSSR count). The predicted molar refractivity (Wildman–Crippen MR) is 51.9 cm³/mol. The third-order valence-corrected chi connectivity index (χ3v) is 2.05. The summed E-state index contributed by atoms with van der Waals surface area (Å²) in [6.45, 7) is 0. The molecule has 0 aliphatic carbocycles. The zero-order chi connectivity index (χ0) is 11.6. The summed E-state index contributed by atoms with van der Waals surface area (Å²) >= 11 is 5.67. The van der Waals surface area contributed by atoms with Gasteiger partial charge in [-0.15, -0.1) is 0 Å². The molecule has 80 valence electrons. The summed E-state index contributed by atoms with van der Waals surface area (Å²) in [5, 5.41) is 17.6. The SMILES string of the molecule is COc1cc(C(=O)O)c(C(=O)O)cc1Cl. The van der Waals surface area contributed by atoms with Gasteiger partial charge in [0.25, 0.3) is 0 Å². The number of halogens is 1. The molecular formula is C9H7ClO5. The summed E-state index contributed by atoms with van der Waals surface area (Å²) in [5.41, 5.74) is -0.725. The summed E-state index contributed by atoms with van der Waals surface area (Å²) in [6.07, 6.45) is 0. The van der Waals surface area contributed by atoms with E-state index in [4.69, 9.17) is 26.6 Å². The van der Waals surface area contributed by atoms with Gasteiger partial charge < -0.3 is 14.9 Å². The van der Waals surface area contributed by atoms with E-state index in [1.165, 1.54) is 7.11 Å². The Hall–Kier alpha value is -1.75. The molecule has 0 saturated heterocycles. The van der Waals surface area contributed by atoms with Crippen molar-refractivity contribution >= 4 is 23.5 Å². The molecule has 0 amide bonds. The maximum Gasteiger partial charge on any atom is 0.336 e. The fraction of sp³-hybridized carbons (Fsp3) is 0.111. The monoisotopic (exact) mass is 230 g/mol. The molecule has 0 heterocycles. The Morgan fingerprint density at radius 2 is 1.67 bits per heavy atom. The number of rotatable bonds is 3. The first-order valence-electron chi connectivity index (χ1n) is 3.81. The van der Waals surface area contributed by atoms with E-state index < -0.39 is 11.9 Å². The molecular weight excluding hydrogens is 224 g/mol. The molecule has 0 spiro atoms. The largest absolute Gasteiger partial charge is 0.495 e. The first-order chi connectivity index (χ1) is 6.97. The topological polar surface area (TPSA) is 83.8 Å². The van der Waals surface area contributed by atoms with Crippen LogP contribution in [0.4, 0.5) is 0 Å². The Bertz CT molecular complexity index is 427. The van der Waals surface area contributed by atoms with Gasteiger partial charge in [-0.3, -0.25) is 0 Å². The summed E-state index contributed by atoms with van der Waals surface area (Å²) < 4.78 is 4.78. The average Bonchev–Trinajstić information content (AvgIpc) is 2.16. The molecule has 0 aliphatic rings. The van der Waals surface area contributed by atoms with Gasteiger partial charge in [0.15, 0.2) is 0 Å². The highest BCUT2D eigenvalue weighted by Gasteiger charge is 2.19. The van der Waals surface area contributed by atoms with Crippen LogP contribution in [0.25, 0.3) is 0 Å². The van der Waals surface area contributed by atoms with Crippen molar-refractivity contribution in [2.45, 2.75) is 0 Å². The zero-order valence-corrected chi connectivity index (χ0v) is 8.41. The number of carboxylic acid groups (broad SMARTS) is 2. The predicted octanol–water partition coefficient (Wildman–Crippen LogP) is 1.75. The quantitative estimate of drug-likeness (QED) is 0.826. The molecule has 2 N–H and O–H groups in total. The normalized spacial score (nSPS) is 9.73. The van der Waals surface area contributed by atoms with Crippen molar-refractivity contribution in [3.8, 4) is 5.75 Å². The van der Waals surface area contributed by atoms with Crippen molar-refractivity contribution in [1.29, 1.82) is 0 Å². The minimum atomic E-state index is -1.35. The molecule has 0 radical (unpaired) electrons. The molecule has 0 bridgehead atoms. The zero-order valence-electron chi connectivity index (χ0n) is 7.65. The maximum atomic E-state index is 10.7. The van der Waals surface area contributed by atoms with Gasteiger partial charge in [-0.25, -0.2) is 9.59 Å². The van der Waals surface area contributed by atoms with Crippen molar-refractivity contribution in [2.24, 2.45) is 0 Å². The number of carbonyl (C=O) groups is 2. The van der Waals surface area contributed by atoms with Gasteiger partial charge in [0.05, 0.1) is 23.3 Å². The highest BCUT2D eigenvalue weighted by atomic mass is 35.5. The number of hydrogen-bond donors (Lipinski definition) is 2. The van der Waals surface area contributed by atoms with E-state index in [0.717, 1.165) is 12.1 Å². The van der Waals surface area contributed by atoms with Crippen molar-refractivity contribution in [1.82, 2.24) is 0 Å². The van der Waals surface area contributed by atoms with E-state index in [2.05, 4.69) is 0 Å². The number of carboxylic acids is 2. The van der Waals surface area contributed by atoms with Gasteiger partial charge in [-0.05, 0) is 12.1 Å². The summed E-state index contributed by atoms with van der Waals surface area (Å²) in [4.78, 5) is 21.5. The maximum absolute atomic E-state index is 10.7. The van der Waals surface area contributed by atoms with E-state index in [0.29, 0.717) is 0 Å². The van der Waals surface area contributed by atoms with Crippen LogP contribution in [-0.2, 0) is 0 Å². The molecule has 15 heavy (non-hydrogen) atoms. The van der Waals surface area contributed by atoms with E-state index in [1.54, 1.807) is 0 Å². The molecule has 1 aromatic carbocycles. The van der Waals surface area contributed by atoms with Crippen LogP contribution in [0.15, 0.2) is 12.1 Å². The van der Waals surface area contributed by atoms with Crippen LogP contribution in [0.5, 0.6) is 5.75 Å². The van der Waals surface area contributed by atoms with E-state index in [-0.39, 0.29) is 21.9 Å². The number of methoxy groups -OCH3 is 1. The number of hydrogen-bond acceptors (Lipinski definition) is 3. The minimum absolute atomic E-state index is 0.0555. The van der Waals surface area contributed by atoms with Crippen LogP contribution in [0.3, 0.4) is 0 Å². The smallest absolute Gasteiger partial charge is 0.336 e. The average molecular weight is 231 g/mol. The molecule has 0 aromatic heterocycles. The minimum Gasteiger partial charge on any atom is -0.495 e. The van der Waals surface area contributed by atoms with Crippen LogP contribution in [0.1, 0.15) is 20.7 Å². The first kappa shape index (κ1) is 11.3. The van der Waals surface area contributed by atoms with Gasteiger partial charge in [0.2, 0.25) is 0 Å². The highest BCUT2D eigenvalue weighted by molar-refractivity contribution is 6.32. The second-order valence-corrected chi connectivity index (χ2v) is 3.05. The highest BCUT2D eigenvalue weighted by Crippen LogP contribution is 2.28. The molecule has 0 aliphatic heterocycles. The molecule has 6 heteroatoms. The fourth-order valence-electron chi connectivity index (χ4n) is 1.06. The molecule has 0 unspecified atom stereocenters. The van der Waals surface area contributed by atoms with Crippen LogP contribution in [0.2, 0.25) is 5.02 Å². The molecule has 0 atom stereocenters. The van der Waals surface area contributed by atoms with Gasteiger partial charge >= 0.3 is 11.9 Å². The van der Waals surface area contributed by atoms with Crippen LogP contribution < -0.4 is 4.74 Å². The third-order valence-electron chi connectivity index (χ3n) is 1.75. The molecule has 1 aromatic rings. The molecule has 0 fully saturated rings. The van der Waals surface area contributed by atoms with Crippen molar-refractivity contribution in [3.63, 3.8) is 0 Å². The number of ether oxygens (including phenoxy) is 1.